The van der Waals surface area contributed by atoms with Crippen molar-refractivity contribution in [2.24, 2.45) is 0 Å². The number of aryl methyl sites for hydroxylation is 1. The Morgan fingerprint density at radius 2 is 2.15 bits per heavy atom. The summed E-state index contributed by atoms with van der Waals surface area (Å²) in [5.74, 6) is -0.0961. The van der Waals surface area contributed by atoms with E-state index in [-0.39, 0.29) is 5.97 Å². The lowest BCUT2D eigenvalue weighted by atomic mass is 9.84. The number of hydrogen-bond acceptors (Lipinski definition) is 3. The average Bonchev–Trinajstić information content (AvgIpc) is 3.28. The molecule has 1 atom stereocenters. The highest BCUT2D eigenvalue weighted by atomic mass is 16.5. The molecule has 2 aliphatic rings. The van der Waals surface area contributed by atoms with Crippen molar-refractivity contribution in [2.75, 3.05) is 6.61 Å². The highest BCUT2D eigenvalue weighted by Crippen LogP contribution is 2.38. The quantitative estimate of drug-likeness (QED) is 0.677. The first-order valence-corrected chi connectivity index (χ1v) is 7.79. The van der Waals surface area contributed by atoms with Gasteiger partial charge in [-0.2, -0.15) is 0 Å². The molecule has 108 valence electrons. The molecule has 0 bridgehead atoms. The molecule has 3 nitrogen and oxygen atoms in total. The summed E-state index contributed by atoms with van der Waals surface area (Å²) in [5.41, 5.74) is 1.82. The Balaban J connectivity index is 2.04. The van der Waals surface area contributed by atoms with Gasteiger partial charge in [0.1, 0.15) is 5.54 Å². The zero-order valence-corrected chi connectivity index (χ0v) is 12.2. The molecule has 1 N–H and O–H groups in total. The molecule has 0 aromatic heterocycles. The summed E-state index contributed by atoms with van der Waals surface area (Å²) in [5, 5.41) is 3.61. The Labute approximate surface area is 120 Å². The van der Waals surface area contributed by atoms with Crippen LogP contribution in [0.25, 0.3) is 0 Å². The fourth-order valence-corrected chi connectivity index (χ4v) is 3.25. The van der Waals surface area contributed by atoms with E-state index in [0.29, 0.717) is 12.6 Å². The van der Waals surface area contributed by atoms with Crippen LogP contribution < -0.4 is 5.32 Å². The maximum Gasteiger partial charge on any atom is 0.331 e. The van der Waals surface area contributed by atoms with E-state index in [1.165, 1.54) is 18.4 Å². The first-order valence-electron chi connectivity index (χ1n) is 7.79. The Morgan fingerprint density at radius 1 is 1.35 bits per heavy atom. The van der Waals surface area contributed by atoms with Crippen LogP contribution in [-0.4, -0.2) is 18.6 Å². The zero-order chi connectivity index (χ0) is 14.0. The van der Waals surface area contributed by atoms with Gasteiger partial charge >= 0.3 is 5.97 Å². The largest absolute Gasteiger partial charge is 0.464 e. The number of nitrogens with one attached hydrogen (secondary N) is 1. The summed E-state index contributed by atoms with van der Waals surface area (Å²) in [7, 11) is 0. The van der Waals surface area contributed by atoms with E-state index in [1.54, 1.807) is 0 Å². The van der Waals surface area contributed by atoms with Crippen LogP contribution in [0.5, 0.6) is 0 Å². The molecule has 0 radical (unpaired) electrons. The lowest BCUT2D eigenvalue weighted by Gasteiger charge is -2.33. The summed E-state index contributed by atoms with van der Waals surface area (Å²) < 4.78 is 5.42. The molecule has 0 heterocycles. The molecule has 0 spiro atoms. The monoisotopic (exact) mass is 273 g/mol. The number of carbonyl (C=O) groups is 1. The van der Waals surface area contributed by atoms with Gasteiger partial charge in [-0.3, -0.25) is 5.32 Å². The maximum atomic E-state index is 12.7. The van der Waals surface area contributed by atoms with E-state index in [4.69, 9.17) is 4.74 Å². The molecule has 1 fully saturated rings. The fraction of sp³-hybridized carbons (Fsp3) is 0.588. The molecule has 1 aromatic rings. The van der Waals surface area contributed by atoms with Crippen molar-refractivity contribution in [1.82, 2.24) is 5.32 Å². The molecular formula is C17H23NO2. The number of benzene rings is 1. The third kappa shape index (κ3) is 2.47. The van der Waals surface area contributed by atoms with Gasteiger partial charge in [0.05, 0.1) is 6.61 Å². The van der Waals surface area contributed by atoms with Gasteiger partial charge in [-0.25, -0.2) is 4.79 Å². The van der Waals surface area contributed by atoms with E-state index in [1.807, 2.05) is 13.0 Å². The number of esters is 1. The van der Waals surface area contributed by atoms with Gasteiger partial charge < -0.3 is 4.74 Å². The first-order chi connectivity index (χ1) is 9.76. The molecule has 1 aromatic carbocycles. The molecule has 3 heteroatoms. The normalized spacial score (nSPS) is 25.6. The lowest BCUT2D eigenvalue weighted by Crippen LogP contribution is -2.51. The van der Waals surface area contributed by atoms with Crippen molar-refractivity contribution >= 4 is 5.97 Å². The van der Waals surface area contributed by atoms with E-state index >= 15 is 0 Å². The highest BCUT2D eigenvalue weighted by molar-refractivity contribution is 5.83. The van der Waals surface area contributed by atoms with Crippen molar-refractivity contribution in [3.05, 3.63) is 35.4 Å². The molecule has 0 amide bonds. The molecular weight excluding hydrogens is 250 g/mol. The van der Waals surface area contributed by atoms with Gasteiger partial charge in [0.2, 0.25) is 0 Å². The third-order valence-corrected chi connectivity index (χ3v) is 4.38. The van der Waals surface area contributed by atoms with Crippen molar-refractivity contribution < 1.29 is 9.53 Å². The van der Waals surface area contributed by atoms with Crippen LogP contribution in [0.3, 0.4) is 0 Å². The van der Waals surface area contributed by atoms with E-state index < -0.39 is 5.54 Å². The maximum absolute atomic E-state index is 12.7. The minimum Gasteiger partial charge on any atom is -0.464 e. The lowest BCUT2D eigenvalue weighted by molar-refractivity contribution is -0.152. The van der Waals surface area contributed by atoms with E-state index in [9.17, 15) is 4.79 Å². The van der Waals surface area contributed by atoms with Gasteiger partial charge in [-0.15, -0.1) is 0 Å². The SMILES string of the molecule is CCOC(=O)C1(NC2CC2)CCCCc2ccccc21. The number of fused-ring (bicyclic) bond motifs is 1. The van der Waals surface area contributed by atoms with Crippen molar-refractivity contribution in [3.63, 3.8) is 0 Å². The summed E-state index contributed by atoms with van der Waals surface area (Å²) in [6.07, 6.45) is 6.45. The van der Waals surface area contributed by atoms with Gasteiger partial charge in [-0.05, 0) is 50.2 Å². The zero-order valence-electron chi connectivity index (χ0n) is 12.2. The highest BCUT2D eigenvalue weighted by Gasteiger charge is 2.46. The Hall–Kier alpha value is -1.35. The molecule has 0 saturated heterocycles. The second kappa shape index (κ2) is 5.57. The summed E-state index contributed by atoms with van der Waals surface area (Å²) in [6, 6.07) is 8.84. The predicted octanol–water partition coefficient (Wildman–Crippen LogP) is 2.92. The standard InChI is InChI=1S/C17H23NO2/c1-2-20-16(19)17(18-14-10-11-14)12-6-5-8-13-7-3-4-9-15(13)17/h3-4,7,9,14,18H,2,5-6,8,10-12H2,1H3. The number of carbonyl (C=O) groups excluding carboxylic acids is 1. The van der Waals surface area contributed by atoms with Gasteiger partial charge in [0, 0.05) is 6.04 Å². The van der Waals surface area contributed by atoms with Crippen LogP contribution in [0.4, 0.5) is 0 Å². The Morgan fingerprint density at radius 3 is 2.90 bits per heavy atom. The number of hydrogen-bond donors (Lipinski definition) is 1. The smallest absolute Gasteiger partial charge is 0.331 e. The van der Waals surface area contributed by atoms with Crippen molar-refractivity contribution in [3.8, 4) is 0 Å². The van der Waals surface area contributed by atoms with Crippen LogP contribution >= 0.6 is 0 Å². The van der Waals surface area contributed by atoms with Crippen molar-refractivity contribution in [1.29, 1.82) is 0 Å². The molecule has 3 rings (SSSR count). The van der Waals surface area contributed by atoms with Crippen LogP contribution in [0.15, 0.2) is 24.3 Å². The predicted molar refractivity (Wildman–Crippen MR) is 78.5 cm³/mol. The van der Waals surface area contributed by atoms with Crippen molar-refractivity contribution in [2.45, 2.75) is 57.0 Å². The van der Waals surface area contributed by atoms with E-state index in [0.717, 1.165) is 31.2 Å². The number of rotatable bonds is 4. The van der Waals surface area contributed by atoms with Crippen LogP contribution in [-0.2, 0) is 21.5 Å². The molecule has 1 unspecified atom stereocenters. The second-order valence-corrected chi connectivity index (χ2v) is 5.91. The minimum atomic E-state index is -0.621. The first kappa shape index (κ1) is 13.6. The second-order valence-electron chi connectivity index (χ2n) is 5.91. The van der Waals surface area contributed by atoms with Crippen LogP contribution in [0.1, 0.15) is 50.2 Å². The van der Waals surface area contributed by atoms with Crippen LogP contribution in [0.2, 0.25) is 0 Å². The average molecular weight is 273 g/mol. The Kier molecular flexibility index (Phi) is 3.79. The molecule has 2 aliphatic carbocycles. The molecule has 0 aliphatic heterocycles. The summed E-state index contributed by atoms with van der Waals surface area (Å²) >= 11 is 0. The van der Waals surface area contributed by atoms with Crippen LogP contribution in [0, 0.1) is 0 Å². The minimum absolute atomic E-state index is 0.0961. The Bertz CT molecular complexity index is 496. The topological polar surface area (TPSA) is 38.3 Å². The van der Waals surface area contributed by atoms with Gasteiger partial charge in [0.25, 0.3) is 0 Å². The molecule has 1 saturated carbocycles. The summed E-state index contributed by atoms with van der Waals surface area (Å²) in [6.45, 7) is 2.32. The van der Waals surface area contributed by atoms with Gasteiger partial charge in [0.15, 0.2) is 0 Å². The van der Waals surface area contributed by atoms with Gasteiger partial charge in [-0.1, -0.05) is 30.7 Å². The third-order valence-electron chi connectivity index (χ3n) is 4.38. The molecule has 20 heavy (non-hydrogen) atoms. The van der Waals surface area contributed by atoms with E-state index in [2.05, 4.69) is 23.5 Å². The fourth-order valence-electron chi connectivity index (χ4n) is 3.25. The summed E-state index contributed by atoms with van der Waals surface area (Å²) in [4.78, 5) is 12.7. The number of ether oxygens (including phenoxy) is 1.